The van der Waals surface area contributed by atoms with Gasteiger partial charge in [-0.25, -0.2) is 4.99 Å². The number of carbonyl (C=O) groups excluding carboxylic acids is 1. The van der Waals surface area contributed by atoms with E-state index in [0.29, 0.717) is 19.1 Å². The highest BCUT2D eigenvalue weighted by Crippen LogP contribution is 2.35. The van der Waals surface area contributed by atoms with Crippen LogP contribution in [0.2, 0.25) is 0 Å². The Morgan fingerprint density at radius 3 is 2.83 bits per heavy atom. The molecule has 1 amide bonds. The molecule has 0 aromatic heterocycles. The van der Waals surface area contributed by atoms with Crippen molar-refractivity contribution in [1.82, 2.24) is 15.5 Å². The maximum Gasteiger partial charge on any atom is 0.243 e. The summed E-state index contributed by atoms with van der Waals surface area (Å²) in [5.41, 5.74) is 1.21. The molecule has 7 nitrogen and oxygen atoms in total. The highest BCUT2D eigenvalue weighted by atomic mass is 127. The summed E-state index contributed by atoms with van der Waals surface area (Å²) in [4.78, 5) is 18.0. The van der Waals surface area contributed by atoms with Gasteiger partial charge in [0.2, 0.25) is 5.91 Å². The standard InChI is InChI=1S/C21H32N4O3.HI/c1-15(18-14-28-19-10-5-4-9-17(18)19)24-21(23-13-20(26)25(2)3)22-12-16-8-6-7-11-27-16;/h4-5,9-10,15-16,18H,6-8,11-14H2,1-3H3,(H2,22,23,24);1H. The zero-order valence-corrected chi connectivity index (χ0v) is 19.8. The van der Waals surface area contributed by atoms with Crippen molar-refractivity contribution in [2.75, 3.05) is 40.4 Å². The Hall–Kier alpha value is -1.55. The van der Waals surface area contributed by atoms with Gasteiger partial charge in [0.1, 0.15) is 12.3 Å². The molecule has 0 aliphatic carbocycles. The molecule has 0 bridgehead atoms. The number of carbonyl (C=O) groups is 1. The quantitative estimate of drug-likeness (QED) is 0.345. The summed E-state index contributed by atoms with van der Waals surface area (Å²) in [6, 6.07) is 8.25. The van der Waals surface area contributed by atoms with E-state index in [9.17, 15) is 4.79 Å². The van der Waals surface area contributed by atoms with Crippen LogP contribution in [0.25, 0.3) is 0 Å². The van der Waals surface area contributed by atoms with E-state index in [-0.39, 0.29) is 54.5 Å². The van der Waals surface area contributed by atoms with E-state index in [2.05, 4.69) is 28.6 Å². The number of hydrogen-bond donors (Lipinski definition) is 2. The minimum absolute atomic E-state index is 0. The fourth-order valence-corrected chi connectivity index (χ4v) is 3.54. The summed E-state index contributed by atoms with van der Waals surface area (Å²) < 4.78 is 11.6. The van der Waals surface area contributed by atoms with Crippen LogP contribution in [0.15, 0.2) is 29.3 Å². The molecule has 0 saturated carbocycles. The maximum absolute atomic E-state index is 12.0. The lowest BCUT2D eigenvalue weighted by Gasteiger charge is -2.26. The molecule has 3 atom stereocenters. The average Bonchev–Trinajstić information content (AvgIpc) is 3.14. The number of para-hydroxylation sites is 1. The van der Waals surface area contributed by atoms with Crippen LogP contribution >= 0.6 is 24.0 Å². The number of nitrogens with zero attached hydrogens (tertiary/aromatic N) is 2. The van der Waals surface area contributed by atoms with Crippen LogP contribution in [0.5, 0.6) is 5.75 Å². The molecule has 1 aromatic rings. The van der Waals surface area contributed by atoms with E-state index in [0.717, 1.165) is 25.2 Å². The van der Waals surface area contributed by atoms with E-state index in [1.54, 1.807) is 19.0 Å². The lowest BCUT2D eigenvalue weighted by atomic mass is 9.94. The first-order valence-electron chi connectivity index (χ1n) is 10.1. The number of nitrogens with one attached hydrogen (secondary N) is 2. The third-order valence-corrected chi connectivity index (χ3v) is 5.35. The van der Waals surface area contributed by atoms with Gasteiger partial charge >= 0.3 is 0 Å². The van der Waals surface area contributed by atoms with E-state index < -0.39 is 0 Å². The number of likely N-dealkylation sites (N-methyl/N-ethyl adjacent to an activating group) is 1. The second kappa shape index (κ2) is 11.6. The van der Waals surface area contributed by atoms with Crippen LogP contribution < -0.4 is 15.4 Å². The first-order valence-corrected chi connectivity index (χ1v) is 10.1. The fraction of sp³-hybridized carbons (Fsp3) is 0.619. The second-order valence-corrected chi connectivity index (χ2v) is 7.71. The lowest BCUT2D eigenvalue weighted by molar-refractivity contribution is -0.127. The molecule has 3 unspecified atom stereocenters. The molecule has 1 aromatic carbocycles. The Morgan fingerprint density at radius 1 is 1.31 bits per heavy atom. The molecule has 8 heteroatoms. The van der Waals surface area contributed by atoms with Crippen LogP contribution in [0, 0.1) is 0 Å². The topological polar surface area (TPSA) is 75.2 Å². The first-order chi connectivity index (χ1) is 13.5. The van der Waals surface area contributed by atoms with Crippen molar-refractivity contribution in [3.63, 3.8) is 0 Å². The van der Waals surface area contributed by atoms with Gasteiger partial charge in [-0.3, -0.25) is 4.79 Å². The zero-order chi connectivity index (χ0) is 19.9. The van der Waals surface area contributed by atoms with Gasteiger partial charge in [0, 0.05) is 44.8 Å². The number of hydrogen-bond acceptors (Lipinski definition) is 4. The van der Waals surface area contributed by atoms with E-state index in [1.807, 2.05) is 18.2 Å². The monoisotopic (exact) mass is 516 g/mol. The molecular formula is C21H33IN4O3. The van der Waals surface area contributed by atoms with Crippen molar-refractivity contribution < 1.29 is 14.3 Å². The second-order valence-electron chi connectivity index (χ2n) is 7.71. The molecule has 162 valence electrons. The number of rotatable bonds is 6. The van der Waals surface area contributed by atoms with Crippen LogP contribution in [-0.4, -0.2) is 69.3 Å². The van der Waals surface area contributed by atoms with Crippen molar-refractivity contribution in [3.8, 4) is 5.75 Å². The van der Waals surface area contributed by atoms with Crippen LogP contribution in [0.1, 0.15) is 37.7 Å². The molecule has 2 heterocycles. The Balaban J connectivity index is 0.00000300. The molecule has 1 fully saturated rings. The molecule has 0 radical (unpaired) electrons. The van der Waals surface area contributed by atoms with Gasteiger partial charge in [-0.2, -0.15) is 0 Å². The summed E-state index contributed by atoms with van der Waals surface area (Å²) in [6.07, 6.45) is 3.57. The maximum atomic E-state index is 12.0. The zero-order valence-electron chi connectivity index (χ0n) is 17.5. The SMILES string of the molecule is CC(NC(=NCC(=O)N(C)C)NCC1CCCCO1)C1COc2ccccc21.I. The van der Waals surface area contributed by atoms with E-state index in [1.165, 1.54) is 12.0 Å². The largest absolute Gasteiger partial charge is 0.493 e. The van der Waals surface area contributed by atoms with Crippen molar-refractivity contribution >= 4 is 35.8 Å². The van der Waals surface area contributed by atoms with Gasteiger partial charge in [0.25, 0.3) is 0 Å². The smallest absolute Gasteiger partial charge is 0.243 e. The van der Waals surface area contributed by atoms with Crippen molar-refractivity contribution in [3.05, 3.63) is 29.8 Å². The highest BCUT2D eigenvalue weighted by molar-refractivity contribution is 14.0. The third-order valence-electron chi connectivity index (χ3n) is 5.35. The minimum atomic E-state index is -0.0304. The fourth-order valence-electron chi connectivity index (χ4n) is 3.54. The average molecular weight is 516 g/mol. The molecule has 2 aliphatic rings. The summed E-state index contributed by atoms with van der Waals surface area (Å²) >= 11 is 0. The molecule has 3 rings (SSSR count). The Morgan fingerprint density at radius 2 is 2.10 bits per heavy atom. The van der Waals surface area contributed by atoms with Gasteiger partial charge in [0.05, 0.1) is 12.7 Å². The van der Waals surface area contributed by atoms with Gasteiger partial charge in [-0.05, 0) is 32.3 Å². The summed E-state index contributed by atoms with van der Waals surface area (Å²) in [5, 5.41) is 6.83. The summed E-state index contributed by atoms with van der Waals surface area (Å²) in [6.45, 7) is 4.38. The normalized spacial score (nSPS) is 22.0. The van der Waals surface area contributed by atoms with Crippen molar-refractivity contribution in [2.45, 2.75) is 44.2 Å². The summed E-state index contributed by atoms with van der Waals surface area (Å²) in [5.74, 6) is 1.79. The van der Waals surface area contributed by atoms with Gasteiger partial charge in [-0.1, -0.05) is 18.2 Å². The predicted molar refractivity (Wildman–Crippen MR) is 125 cm³/mol. The first kappa shape index (κ1) is 23.7. The van der Waals surface area contributed by atoms with Crippen molar-refractivity contribution in [1.29, 1.82) is 0 Å². The number of benzene rings is 1. The van der Waals surface area contributed by atoms with Crippen molar-refractivity contribution in [2.24, 2.45) is 4.99 Å². The highest BCUT2D eigenvalue weighted by Gasteiger charge is 2.29. The number of ether oxygens (including phenoxy) is 2. The number of amides is 1. The van der Waals surface area contributed by atoms with Crippen LogP contribution in [0.3, 0.4) is 0 Å². The molecule has 0 spiro atoms. The molecule has 29 heavy (non-hydrogen) atoms. The number of fused-ring (bicyclic) bond motifs is 1. The molecule has 1 saturated heterocycles. The van der Waals surface area contributed by atoms with E-state index >= 15 is 0 Å². The number of aliphatic imine (C=N–C) groups is 1. The van der Waals surface area contributed by atoms with Gasteiger partial charge < -0.3 is 25.0 Å². The van der Waals surface area contributed by atoms with Crippen LogP contribution in [-0.2, 0) is 9.53 Å². The molecular weight excluding hydrogens is 483 g/mol. The van der Waals surface area contributed by atoms with Gasteiger partial charge in [-0.15, -0.1) is 24.0 Å². The number of halogens is 1. The Kier molecular flexibility index (Phi) is 9.48. The third kappa shape index (κ3) is 6.74. The minimum Gasteiger partial charge on any atom is -0.493 e. The molecule has 2 aliphatic heterocycles. The molecule has 2 N–H and O–H groups in total. The van der Waals surface area contributed by atoms with Crippen LogP contribution in [0.4, 0.5) is 0 Å². The Labute approximate surface area is 190 Å². The van der Waals surface area contributed by atoms with E-state index in [4.69, 9.17) is 9.47 Å². The Bertz CT molecular complexity index is 692. The lowest BCUT2D eigenvalue weighted by Crippen LogP contribution is -2.48. The predicted octanol–water partition coefficient (Wildman–Crippen LogP) is 2.36. The number of guanidine groups is 1. The summed E-state index contributed by atoms with van der Waals surface area (Å²) in [7, 11) is 3.48. The van der Waals surface area contributed by atoms with Gasteiger partial charge in [0.15, 0.2) is 5.96 Å².